The minimum absolute atomic E-state index is 0.788. The molecule has 2 fully saturated rings. The molecule has 1 heterocycles. The van der Waals surface area contributed by atoms with E-state index in [1.54, 1.807) is 0 Å². The third kappa shape index (κ3) is 4.26. The minimum atomic E-state index is 0.788. The van der Waals surface area contributed by atoms with Gasteiger partial charge in [-0.05, 0) is 57.0 Å². The van der Waals surface area contributed by atoms with Crippen LogP contribution in [0.2, 0.25) is 0 Å². The van der Waals surface area contributed by atoms with E-state index >= 15 is 0 Å². The van der Waals surface area contributed by atoms with Gasteiger partial charge in [0.1, 0.15) is 0 Å². The molecule has 1 saturated heterocycles. The molecule has 0 spiro atoms. The van der Waals surface area contributed by atoms with Gasteiger partial charge in [0.15, 0.2) is 0 Å². The maximum atomic E-state index is 3.80. The average Bonchev–Trinajstić information content (AvgIpc) is 2.33. The largest absolute Gasteiger partial charge is 0.312 e. The Kier molecular flexibility index (Phi) is 5.30. The van der Waals surface area contributed by atoms with Crippen LogP contribution in [0.5, 0.6) is 0 Å². The van der Waals surface area contributed by atoms with E-state index in [1.807, 2.05) is 0 Å². The quantitative estimate of drug-likeness (QED) is 0.810. The lowest BCUT2D eigenvalue weighted by molar-refractivity contribution is 0.199. The van der Waals surface area contributed by atoms with Crippen LogP contribution in [0.1, 0.15) is 52.4 Å². The number of hydrogen-bond donors (Lipinski definition) is 1. The molecule has 0 radical (unpaired) electrons. The summed E-state index contributed by atoms with van der Waals surface area (Å²) in [5, 5.41) is 3.80. The lowest BCUT2D eigenvalue weighted by Gasteiger charge is -2.34. The van der Waals surface area contributed by atoms with Crippen LogP contribution < -0.4 is 5.32 Å². The Hall–Kier alpha value is -0.0800. The molecule has 1 saturated carbocycles. The molecule has 17 heavy (non-hydrogen) atoms. The van der Waals surface area contributed by atoms with Gasteiger partial charge in [-0.2, -0.15) is 0 Å². The first kappa shape index (κ1) is 13.4. The van der Waals surface area contributed by atoms with Crippen molar-refractivity contribution in [2.24, 2.45) is 11.8 Å². The summed E-state index contributed by atoms with van der Waals surface area (Å²) >= 11 is 0. The number of rotatable bonds is 4. The lowest BCUT2D eigenvalue weighted by atomic mass is 9.80. The molecule has 0 aromatic rings. The van der Waals surface area contributed by atoms with Crippen molar-refractivity contribution < 1.29 is 0 Å². The first-order valence-corrected chi connectivity index (χ1v) is 7.71. The summed E-state index contributed by atoms with van der Waals surface area (Å²) in [6.45, 7) is 9.95. The molecule has 0 aromatic heterocycles. The molecule has 2 aliphatic rings. The summed E-state index contributed by atoms with van der Waals surface area (Å²) < 4.78 is 0. The Morgan fingerprint density at radius 2 is 1.82 bits per heavy atom. The number of nitrogens with zero attached hydrogens (tertiary/aromatic N) is 1. The zero-order valence-corrected chi connectivity index (χ0v) is 11.8. The number of nitrogens with one attached hydrogen (secondary N) is 1. The zero-order chi connectivity index (χ0) is 12.1. The van der Waals surface area contributed by atoms with Crippen LogP contribution in [0, 0.1) is 11.8 Å². The normalized spacial score (nSPS) is 36.0. The van der Waals surface area contributed by atoms with Crippen LogP contribution >= 0.6 is 0 Å². The summed E-state index contributed by atoms with van der Waals surface area (Å²) in [6, 6.07) is 0.788. The average molecular weight is 238 g/mol. The van der Waals surface area contributed by atoms with Crippen molar-refractivity contribution in [2.45, 2.75) is 58.4 Å². The molecule has 1 N–H and O–H groups in total. The minimum Gasteiger partial charge on any atom is -0.312 e. The Labute approximate surface area is 107 Å². The van der Waals surface area contributed by atoms with E-state index in [9.17, 15) is 0 Å². The predicted molar refractivity (Wildman–Crippen MR) is 74.3 cm³/mol. The summed E-state index contributed by atoms with van der Waals surface area (Å²) in [7, 11) is 0. The van der Waals surface area contributed by atoms with E-state index in [0.717, 1.165) is 17.9 Å². The van der Waals surface area contributed by atoms with Gasteiger partial charge in [0, 0.05) is 19.1 Å². The Bertz CT molecular complexity index is 211. The lowest BCUT2D eigenvalue weighted by Crippen LogP contribution is -2.43. The molecule has 100 valence electrons. The second-order valence-corrected chi connectivity index (χ2v) is 6.36. The van der Waals surface area contributed by atoms with Gasteiger partial charge in [0.2, 0.25) is 0 Å². The van der Waals surface area contributed by atoms with Crippen molar-refractivity contribution in [3.63, 3.8) is 0 Å². The van der Waals surface area contributed by atoms with Crippen LogP contribution in [0.25, 0.3) is 0 Å². The molecule has 3 atom stereocenters. The van der Waals surface area contributed by atoms with Crippen molar-refractivity contribution >= 4 is 0 Å². The van der Waals surface area contributed by atoms with E-state index in [0.29, 0.717) is 0 Å². The second kappa shape index (κ2) is 6.75. The maximum Gasteiger partial charge on any atom is 0.0107 e. The van der Waals surface area contributed by atoms with Gasteiger partial charge < -0.3 is 10.2 Å². The predicted octanol–water partition coefficient (Wildman–Crippen LogP) is 2.89. The standard InChI is InChI=1S/C15H30N2/c1-13-6-7-15(14(2)12-13)16-8-11-17-9-4-3-5-10-17/h13-16H,3-12H2,1-2H3. The van der Waals surface area contributed by atoms with E-state index in [1.165, 1.54) is 64.7 Å². The topological polar surface area (TPSA) is 15.3 Å². The third-order valence-electron chi connectivity index (χ3n) is 4.71. The first-order valence-electron chi connectivity index (χ1n) is 7.71. The van der Waals surface area contributed by atoms with Gasteiger partial charge in [0.25, 0.3) is 0 Å². The summed E-state index contributed by atoms with van der Waals surface area (Å²) in [4.78, 5) is 2.63. The second-order valence-electron chi connectivity index (χ2n) is 6.36. The van der Waals surface area contributed by atoms with E-state index in [2.05, 4.69) is 24.1 Å². The molecule has 2 nitrogen and oxygen atoms in total. The molecule has 0 amide bonds. The van der Waals surface area contributed by atoms with Crippen LogP contribution in [0.15, 0.2) is 0 Å². The maximum absolute atomic E-state index is 3.80. The van der Waals surface area contributed by atoms with Crippen molar-refractivity contribution in [1.82, 2.24) is 10.2 Å². The molecular weight excluding hydrogens is 208 g/mol. The highest BCUT2D eigenvalue weighted by molar-refractivity contribution is 4.81. The van der Waals surface area contributed by atoms with E-state index in [4.69, 9.17) is 0 Å². The summed E-state index contributed by atoms with van der Waals surface area (Å²) in [5.41, 5.74) is 0. The van der Waals surface area contributed by atoms with Crippen LogP contribution in [-0.2, 0) is 0 Å². The molecule has 0 bridgehead atoms. The summed E-state index contributed by atoms with van der Waals surface area (Å²) in [5.74, 6) is 1.82. The molecular formula is C15H30N2. The smallest absolute Gasteiger partial charge is 0.0107 e. The zero-order valence-electron chi connectivity index (χ0n) is 11.8. The summed E-state index contributed by atoms with van der Waals surface area (Å²) in [6.07, 6.45) is 8.51. The van der Waals surface area contributed by atoms with Gasteiger partial charge in [0.05, 0.1) is 0 Å². The Morgan fingerprint density at radius 1 is 1.06 bits per heavy atom. The fourth-order valence-electron chi connectivity index (χ4n) is 3.56. The monoisotopic (exact) mass is 238 g/mol. The fourth-order valence-corrected chi connectivity index (χ4v) is 3.56. The first-order chi connectivity index (χ1) is 8.25. The fraction of sp³-hybridized carbons (Fsp3) is 1.00. The van der Waals surface area contributed by atoms with Gasteiger partial charge in [-0.1, -0.05) is 20.3 Å². The van der Waals surface area contributed by atoms with Crippen molar-refractivity contribution in [1.29, 1.82) is 0 Å². The third-order valence-corrected chi connectivity index (χ3v) is 4.71. The van der Waals surface area contributed by atoms with Crippen molar-refractivity contribution in [3.8, 4) is 0 Å². The molecule has 1 aliphatic carbocycles. The van der Waals surface area contributed by atoms with Crippen LogP contribution in [0.4, 0.5) is 0 Å². The van der Waals surface area contributed by atoms with E-state index < -0.39 is 0 Å². The van der Waals surface area contributed by atoms with Crippen molar-refractivity contribution in [2.75, 3.05) is 26.2 Å². The van der Waals surface area contributed by atoms with E-state index in [-0.39, 0.29) is 0 Å². The van der Waals surface area contributed by atoms with Gasteiger partial charge in [-0.3, -0.25) is 0 Å². The van der Waals surface area contributed by atoms with Crippen LogP contribution in [-0.4, -0.2) is 37.1 Å². The van der Waals surface area contributed by atoms with Crippen LogP contribution in [0.3, 0.4) is 0 Å². The highest BCUT2D eigenvalue weighted by Crippen LogP contribution is 2.28. The number of hydrogen-bond acceptors (Lipinski definition) is 2. The Morgan fingerprint density at radius 3 is 2.53 bits per heavy atom. The number of likely N-dealkylation sites (tertiary alicyclic amines) is 1. The Balaban J connectivity index is 1.61. The molecule has 0 aromatic carbocycles. The highest BCUT2D eigenvalue weighted by Gasteiger charge is 2.24. The molecule has 2 heteroatoms. The van der Waals surface area contributed by atoms with Gasteiger partial charge in [-0.25, -0.2) is 0 Å². The molecule has 3 unspecified atom stereocenters. The van der Waals surface area contributed by atoms with Crippen molar-refractivity contribution in [3.05, 3.63) is 0 Å². The number of piperidine rings is 1. The van der Waals surface area contributed by atoms with Gasteiger partial charge in [-0.15, -0.1) is 0 Å². The highest BCUT2D eigenvalue weighted by atomic mass is 15.1. The molecule has 2 rings (SSSR count). The van der Waals surface area contributed by atoms with Gasteiger partial charge >= 0.3 is 0 Å². The SMILES string of the molecule is CC1CCC(NCCN2CCCCC2)C(C)C1. The molecule has 1 aliphatic heterocycles.